The van der Waals surface area contributed by atoms with Crippen LogP contribution >= 0.6 is 15.9 Å². The van der Waals surface area contributed by atoms with Gasteiger partial charge in [0.15, 0.2) is 0 Å². The Balaban J connectivity index is 2.30. The number of hydrogen-bond donors (Lipinski definition) is 1. The Bertz CT molecular complexity index is 564. The van der Waals surface area contributed by atoms with Gasteiger partial charge in [-0.05, 0) is 40.9 Å². The monoisotopic (exact) mass is 371 g/mol. The molecule has 120 valence electrons. The van der Waals surface area contributed by atoms with E-state index in [1.807, 2.05) is 0 Å². The Kier molecular flexibility index (Phi) is 5.28. The van der Waals surface area contributed by atoms with Gasteiger partial charge in [0.05, 0.1) is 20.6 Å². The molecular weight excluding hydrogens is 354 g/mol. The minimum atomic E-state index is -0.893. The second-order valence-corrected chi connectivity index (χ2v) is 5.88. The van der Waals surface area contributed by atoms with Crippen LogP contribution in [0, 0.1) is 0 Å². The number of carboxylic acid groups (broad SMARTS) is 1. The molecule has 0 bridgehead atoms. The van der Waals surface area contributed by atoms with Crippen molar-refractivity contribution in [2.45, 2.75) is 25.3 Å². The molecule has 1 fully saturated rings. The van der Waals surface area contributed by atoms with E-state index in [0.717, 1.165) is 6.42 Å². The summed E-state index contributed by atoms with van der Waals surface area (Å²) in [5.74, 6) is -0.100. The molecule has 1 N–H and O–H groups in total. The molecule has 6 nitrogen and oxygen atoms in total. The molecule has 1 saturated heterocycles. The summed E-state index contributed by atoms with van der Waals surface area (Å²) in [5.41, 5.74) is 0.425. The third-order valence-electron chi connectivity index (χ3n) is 3.74. The van der Waals surface area contributed by atoms with Crippen molar-refractivity contribution in [3.8, 4) is 11.5 Å². The zero-order valence-corrected chi connectivity index (χ0v) is 14.1. The Morgan fingerprint density at radius 3 is 2.41 bits per heavy atom. The highest BCUT2D eigenvalue weighted by atomic mass is 79.9. The lowest BCUT2D eigenvalue weighted by Gasteiger charge is -2.24. The van der Waals surface area contributed by atoms with Crippen molar-refractivity contribution in [2.24, 2.45) is 0 Å². The number of carboxylic acids is 1. The van der Waals surface area contributed by atoms with Gasteiger partial charge in [0.25, 0.3) is 5.91 Å². The topological polar surface area (TPSA) is 76.1 Å². The lowest BCUT2D eigenvalue weighted by atomic mass is 10.1. The fourth-order valence-corrected chi connectivity index (χ4v) is 3.23. The number of hydrogen-bond acceptors (Lipinski definition) is 4. The van der Waals surface area contributed by atoms with E-state index in [0.29, 0.717) is 34.5 Å². The molecule has 1 atom stereocenters. The minimum Gasteiger partial charge on any atom is -0.495 e. The molecular formula is C15H18BrNO5. The van der Waals surface area contributed by atoms with Gasteiger partial charge in [-0.2, -0.15) is 0 Å². The van der Waals surface area contributed by atoms with Gasteiger partial charge in [-0.15, -0.1) is 0 Å². The second-order valence-electron chi connectivity index (χ2n) is 5.09. The minimum absolute atomic E-state index is 0.0312. The number of benzene rings is 1. The van der Waals surface area contributed by atoms with Crippen LogP contribution in [0.1, 0.15) is 29.6 Å². The summed E-state index contributed by atoms with van der Waals surface area (Å²) in [4.78, 5) is 25.2. The summed E-state index contributed by atoms with van der Waals surface area (Å²) in [7, 11) is 3.02. The van der Waals surface area contributed by atoms with Gasteiger partial charge in [0.1, 0.15) is 16.0 Å². The van der Waals surface area contributed by atoms with Gasteiger partial charge in [-0.3, -0.25) is 9.59 Å². The Morgan fingerprint density at radius 1 is 1.32 bits per heavy atom. The molecule has 2 rings (SSSR count). The summed E-state index contributed by atoms with van der Waals surface area (Å²) in [6.07, 6.45) is 1.49. The highest BCUT2D eigenvalue weighted by Gasteiger charge is 2.31. The maximum atomic E-state index is 12.7. The van der Waals surface area contributed by atoms with Crippen molar-refractivity contribution in [2.75, 3.05) is 20.8 Å². The number of nitrogens with zero attached hydrogens (tertiary/aromatic N) is 1. The molecule has 1 unspecified atom stereocenters. The first-order valence-corrected chi connectivity index (χ1v) is 7.71. The molecule has 0 aliphatic carbocycles. The lowest BCUT2D eigenvalue weighted by molar-refractivity contribution is -0.137. The van der Waals surface area contributed by atoms with Gasteiger partial charge in [0, 0.05) is 18.2 Å². The normalized spacial score (nSPS) is 17.4. The van der Waals surface area contributed by atoms with Crippen molar-refractivity contribution >= 4 is 27.8 Å². The molecule has 0 aromatic heterocycles. The first-order valence-electron chi connectivity index (χ1n) is 6.92. The number of ether oxygens (including phenoxy) is 2. The van der Waals surface area contributed by atoms with Gasteiger partial charge in [-0.1, -0.05) is 0 Å². The van der Waals surface area contributed by atoms with E-state index in [1.165, 1.54) is 14.2 Å². The number of aliphatic carboxylic acids is 1. The van der Waals surface area contributed by atoms with Crippen LogP contribution in [0.4, 0.5) is 0 Å². The fraction of sp³-hybridized carbons (Fsp3) is 0.467. The molecule has 1 aliphatic rings. The zero-order valence-electron chi connectivity index (χ0n) is 12.5. The Labute approximate surface area is 137 Å². The maximum Gasteiger partial charge on any atom is 0.305 e. The third kappa shape index (κ3) is 3.35. The standard InChI is InChI=1S/C15H18BrNO5/c1-21-11-6-9(7-12(22-2)14(11)16)15(20)17-5-3-4-10(17)8-13(18)19/h6-7,10H,3-5,8H2,1-2H3,(H,18,19). The third-order valence-corrected chi connectivity index (χ3v) is 4.52. The van der Waals surface area contributed by atoms with E-state index in [4.69, 9.17) is 14.6 Å². The molecule has 0 spiro atoms. The number of likely N-dealkylation sites (tertiary alicyclic amines) is 1. The Morgan fingerprint density at radius 2 is 1.91 bits per heavy atom. The maximum absolute atomic E-state index is 12.7. The first kappa shape index (κ1) is 16.6. The second kappa shape index (κ2) is 7.00. The van der Waals surface area contributed by atoms with Crippen molar-refractivity contribution in [3.63, 3.8) is 0 Å². The molecule has 1 aliphatic heterocycles. The van der Waals surface area contributed by atoms with E-state index in [9.17, 15) is 9.59 Å². The predicted octanol–water partition coefficient (Wildman–Crippen LogP) is 2.55. The SMILES string of the molecule is COc1cc(C(=O)N2CCCC2CC(=O)O)cc(OC)c1Br. The van der Waals surface area contributed by atoms with Crippen LogP contribution in [0.3, 0.4) is 0 Å². The van der Waals surface area contributed by atoms with Gasteiger partial charge in [-0.25, -0.2) is 0 Å². The van der Waals surface area contributed by atoms with Gasteiger partial charge >= 0.3 is 5.97 Å². The van der Waals surface area contributed by atoms with Crippen molar-refractivity contribution in [3.05, 3.63) is 22.2 Å². The van der Waals surface area contributed by atoms with E-state index in [1.54, 1.807) is 17.0 Å². The van der Waals surface area contributed by atoms with Crippen molar-refractivity contribution in [1.82, 2.24) is 4.90 Å². The molecule has 1 heterocycles. The summed E-state index contributed by atoms with van der Waals surface area (Å²) in [5, 5.41) is 8.96. The quantitative estimate of drug-likeness (QED) is 0.860. The average Bonchev–Trinajstić information content (AvgIpc) is 2.94. The van der Waals surface area contributed by atoms with Crippen LogP contribution in [0.25, 0.3) is 0 Å². The van der Waals surface area contributed by atoms with E-state index in [-0.39, 0.29) is 18.4 Å². The first-order chi connectivity index (χ1) is 10.5. The average molecular weight is 372 g/mol. The number of amides is 1. The highest BCUT2D eigenvalue weighted by molar-refractivity contribution is 9.10. The molecule has 0 radical (unpaired) electrons. The fourth-order valence-electron chi connectivity index (χ4n) is 2.68. The number of rotatable bonds is 5. The van der Waals surface area contributed by atoms with Crippen LogP contribution in [-0.4, -0.2) is 48.7 Å². The van der Waals surface area contributed by atoms with E-state index < -0.39 is 5.97 Å². The summed E-state index contributed by atoms with van der Waals surface area (Å²) in [6.45, 7) is 0.567. The largest absolute Gasteiger partial charge is 0.495 e. The Hall–Kier alpha value is -1.76. The van der Waals surface area contributed by atoms with Crippen LogP contribution < -0.4 is 9.47 Å². The van der Waals surface area contributed by atoms with Crippen molar-refractivity contribution < 1.29 is 24.2 Å². The number of methoxy groups -OCH3 is 2. The molecule has 0 saturated carbocycles. The molecule has 7 heteroatoms. The number of carbonyl (C=O) groups is 2. The molecule has 22 heavy (non-hydrogen) atoms. The highest BCUT2D eigenvalue weighted by Crippen LogP contribution is 2.36. The van der Waals surface area contributed by atoms with Crippen LogP contribution in [0.2, 0.25) is 0 Å². The van der Waals surface area contributed by atoms with E-state index >= 15 is 0 Å². The van der Waals surface area contributed by atoms with Crippen molar-refractivity contribution in [1.29, 1.82) is 0 Å². The van der Waals surface area contributed by atoms with Crippen LogP contribution in [0.15, 0.2) is 16.6 Å². The number of halogens is 1. The van der Waals surface area contributed by atoms with E-state index in [2.05, 4.69) is 15.9 Å². The van der Waals surface area contributed by atoms with Gasteiger partial charge < -0.3 is 19.5 Å². The predicted molar refractivity (Wildman–Crippen MR) is 83.6 cm³/mol. The summed E-state index contributed by atoms with van der Waals surface area (Å²) in [6, 6.07) is 3.00. The van der Waals surface area contributed by atoms with Crippen LogP contribution in [0.5, 0.6) is 11.5 Å². The molecule has 1 aromatic carbocycles. The lowest BCUT2D eigenvalue weighted by Crippen LogP contribution is -2.36. The van der Waals surface area contributed by atoms with Crippen LogP contribution in [-0.2, 0) is 4.79 Å². The molecule has 1 aromatic rings. The molecule has 1 amide bonds. The number of carbonyl (C=O) groups excluding carboxylic acids is 1. The van der Waals surface area contributed by atoms with Gasteiger partial charge in [0.2, 0.25) is 0 Å². The smallest absolute Gasteiger partial charge is 0.305 e. The summed E-state index contributed by atoms with van der Waals surface area (Å²) >= 11 is 3.36. The summed E-state index contributed by atoms with van der Waals surface area (Å²) < 4.78 is 11.1. The zero-order chi connectivity index (χ0) is 16.3.